The van der Waals surface area contributed by atoms with Gasteiger partial charge >= 0.3 is 5.13 Å². The molecule has 0 radical (unpaired) electrons. The quantitative estimate of drug-likeness (QED) is 0.226. The summed E-state index contributed by atoms with van der Waals surface area (Å²) >= 11 is 1.24. The summed E-state index contributed by atoms with van der Waals surface area (Å²) in [4.78, 5) is 6.14. The number of hydrogen-bond acceptors (Lipinski definition) is 11. The second-order valence-electron chi connectivity index (χ2n) is 7.33. The second kappa shape index (κ2) is 8.72. The number of methoxy groups -OCH3 is 1. The summed E-state index contributed by atoms with van der Waals surface area (Å²) in [6.07, 6.45) is 0. The largest absolute Gasteiger partial charge is 0.744 e. The smallest absolute Gasteiger partial charge is 0.365 e. The molecule has 184 valence electrons. The van der Waals surface area contributed by atoms with Crippen molar-refractivity contribution in [3.63, 3.8) is 0 Å². The normalized spacial score (nSPS) is 12.2. The molecule has 0 amide bonds. The first-order chi connectivity index (χ1) is 17.0. The van der Waals surface area contributed by atoms with E-state index in [9.17, 15) is 25.9 Å². The van der Waals surface area contributed by atoms with E-state index in [1.54, 1.807) is 18.2 Å². The lowest BCUT2D eigenvalue weighted by Crippen LogP contribution is -2.43. The van der Waals surface area contributed by atoms with Crippen molar-refractivity contribution in [2.45, 2.75) is 9.79 Å². The summed E-state index contributed by atoms with van der Waals surface area (Å²) < 4.78 is 75.5. The SMILES string of the molecule is COc1ccc2nc(-[n+]3nc(-c4ccccc4S(=O)(=O)[O-])nn3-c3ccc(S(=O)(=O)[O-])cc3)sc2c1. The maximum absolute atomic E-state index is 11.8. The van der Waals surface area contributed by atoms with Crippen LogP contribution in [-0.2, 0) is 20.2 Å². The number of benzene rings is 3. The van der Waals surface area contributed by atoms with Gasteiger partial charge in [-0.05, 0) is 63.2 Å². The molecular formula is C21H14N5O7S3-. The van der Waals surface area contributed by atoms with Crippen LogP contribution in [0.1, 0.15) is 0 Å². The zero-order valence-corrected chi connectivity index (χ0v) is 20.6. The summed E-state index contributed by atoms with van der Waals surface area (Å²) in [5.74, 6) is 0.524. The second-order valence-corrected chi connectivity index (χ2v) is 11.1. The highest BCUT2D eigenvalue weighted by Crippen LogP contribution is 2.28. The van der Waals surface area contributed by atoms with E-state index in [0.717, 1.165) is 22.9 Å². The van der Waals surface area contributed by atoms with Crippen molar-refractivity contribution in [2.75, 3.05) is 7.11 Å². The molecule has 0 saturated heterocycles. The van der Waals surface area contributed by atoms with Gasteiger partial charge in [-0.25, -0.2) is 16.8 Å². The molecule has 0 saturated carbocycles. The molecule has 0 atom stereocenters. The van der Waals surface area contributed by atoms with Crippen molar-refractivity contribution in [3.8, 4) is 28.0 Å². The van der Waals surface area contributed by atoms with Crippen molar-refractivity contribution >= 4 is 41.8 Å². The van der Waals surface area contributed by atoms with Gasteiger partial charge in [0, 0.05) is 11.2 Å². The fourth-order valence-electron chi connectivity index (χ4n) is 3.40. The highest BCUT2D eigenvalue weighted by atomic mass is 32.2. The lowest BCUT2D eigenvalue weighted by Gasteiger charge is -2.08. The van der Waals surface area contributed by atoms with Crippen LogP contribution in [0.25, 0.3) is 32.4 Å². The fraction of sp³-hybridized carbons (Fsp3) is 0.0476. The van der Waals surface area contributed by atoms with Crippen LogP contribution in [0.2, 0.25) is 0 Å². The molecule has 15 heteroatoms. The summed E-state index contributed by atoms with van der Waals surface area (Å²) in [6.45, 7) is 0. The highest BCUT2D eigenvalue weighted by molar-refractivity contribution is 7.86. The van der Waals surface area contributed by atoms with Gasteiger partial charge in [-0.1, -0.05) is 28.5 Å². The number of nitrogens with zero attached hydrogens (tertiary/aromatic N) is 5. The number of thiazole rings is 1. The van der Waals surface area contributed by atoms with Crippen molar-refractivity contribution in [2.24, 2.45) is 0 Å². The summed E-state index contributed by atoms with van der Waals surface area (Å²) in [6, 6.07) is 15.7. The molecule has 0 aliphatic rings. The molecule has 0 N–H and O–H groups in total. The van der Waals surface area contributed by atoms with Crippen LogP contribution >= 0.6 is 11.3 Å². The topological polar surface area (TPSA) is 171 Å². The zero-order chi connectivity index (χ0) is 25.7. The Labute approximate surface area is 208 Å². The Kier molecular flexibility index (Phi) is 5.80. The number of ether oxygens (including phenoxy) is 1. The Morgan fingerprint density at radius 1 is 0.944 bits per heavy atom. The molecule has 0 aliphatic carbocycles. The minimum absolute atomic E-state index is 0.0264. The third-order valence-corrected chi connectivity index (χ3v) is 7.80. The van der Waals surface area contributed by atoms with Crippen molar-refractivity contribution < 1.29 is 35.5 Å². The molecule has 0 fully saturated rings. The number of hydrogen-bond donors (Lipinski definition) is 0. The van der Waals surface area contributed by atoms with Gasteiger partial charge in [0.05, 0.1) is 27.2 Å². The van der Waals surface area contributed by atoms with Crippen molar-refractivity contribution in [3.05, 3.63) is 66.7 Å². The molecule has 36 heavy (non-hydrogen) atoms. The Bertz CT molecular complexity index is 1830. The number of tetrazole rings is 1. The van der Waals surface area contributed by atoms with Gasteiger partial charge in [-0.2, -0.15) is 0 Å². The first-order valence-electron chi connectivity index (χ1n) is 10.0. The van der Waals surface area contributed by atoms with Crippen LogP contribution in [0.4, 0.5) is 0 Å². The molecule has 0 bridgehead atoms. The van der Waals surface area contributed by atoms with Crippen LogP contribution in [0.15, 0.2) is 76.5 Å². The van der Waals surface area contributed by atoms with E-state index in [2.05, 4.69) is 15.2 Å². The van der Waals surface area contributed by atoms with E-state index in [1.165, 1.54) is 58.4 Å². The fourth-order valence-corrected chi connectivity index (χ4v) is 5.48. The molecule has 0 spiro atoms. The first kappa shape index (κ1) is 24.0. The predicted octanol–water partition coefficient (Wildman–Crippen LogP) is 1.64. The van der Waals surface area contributed by atoms with Crippen molar-refractivity contribution in [1.29, 1.82) is 0 Å². The standard InChI is InChI=1S/C21H15N5O7S3/c1-33-14-8-11-17-18(12-14)34-21(22-17)26-24-20(16-4-2-3-5-19(16)36(30,31)32)23-25(26)13-6-9-15(10-7-13)35(27,28)29/h2-12H,1H3,(H-,27,28,29,30,31,32)/p-1. The average Bonchev–Trinajstić information content (AvgIpc) is 3.47. The average molecular weight is 545 g/mol. The van der Waals surface area contributed by atoms with Gasteiger partial charge in [-0.3, -0.25) is 0 Å². The molecule has 2 heterocycles. The molecule has 0 aliphatic heterocycles. The Hall–Kier alpha value is -3.76. The minimum atomic E-state index is -4.84. The molecule has 5 rings (SSSR count). The maximum Gasteiger partial charge on any atom is 0.365 e. The predicted molar refractivity (Wildman–Crippen MR) is 124 cm³/mol. The van der Waals surface area contributed by atoms with Gasteiger partial charge in [0.2, 0.25) is 0 Å². The Morgan fingerprint density at radius 2 is 1.67 bits per heavy atom. The van der Waals surface area contributed by atoms with Crippen molar-refractivity contribution in [1.82, 2.24) is 20.0 Å². The summed E-state index contributed by atoms with van der Waals surface area (Å²) in [7, 11) is -7.98. The number of rotatable bonds is 6. The third-order valence-electron chi connectivity index (χ3n) is 5.07. The summed E-state index contributed by atoms with van der Waals surface area (Å²) in [5.41, 5.74) is 0.900. The van der Waals surface area contributed by atoms with Crippen LogP contribution in [0.3, 0.4) is 0 Å². The maximum atomic E-state index is 11.8. The molecule has 3 aromatic carbocycles. The number of fused-ring (bicyclic) bond motifs is 1. The van der Waals surface area contributed by atoms with E-state index in [0.29, 0.717) is 22.1 Å². The Balaban J connectivity index is 1.74. The van der Waals surface area contributed by atoms with E-state index in [-0.39, 0.29) is 11.4 Å². The summed E-state index contributed by atoms with van der Waals surface area (Å²) in [5, 5.41) is 9.12. The van der Waals surface area contributed by atoms with Gasteiger partial charge in [0.25, 0.3) is 5.82 Å². The molecule has 5 aromatic rings. The van der Waals surface area contributed by atoms with Gasteiger partial charge in [0.1, 0.15) is 31.7 Å². The van der Waals surface area contributed by atoms with E-state index < -0.39 is 30.0 Å². The van der Waals surface area contributed by atoms with Gasteiger partial charge in [-0.15, -0.1) is 0 Å². The van der Waals surface area contributed by atoms with Crippen LogP contribution in [-0.4, -0.2) is 53.0 Å². The molecule has 2 aromatic heterocycles. The lowest BCUT2D eigenvalue weighted by molar-refractivity contribution is -0.734. The van der Waals surface area contributed by atoms with Crippen LogP contribution in [0.5, 0.6) is 5.75 Å². The van der Waals surface area contributed by atoms with Crippen LogP contribution in [0, 0.1) is 0 Å². The first-order valence-corrected chi connectivity index (χ1v) is 13.6. The molecule has 0 unspecified atom stereocenters. The van der Waals surface area contributed by atoms with E-state index >= 15 is 0 Å². The van der Waals surface area contributed by atoms with E-state index in [4.69, 9.17) is 4.74 Å². The van der Waals surface area contributed by atoms with Gasteiger partial charge < -0.3 is 13.8 Å². The zero-order valence-electron chi connectivity index (χ0n) is 18.2. The van der Waals surface area contributed by atoms with Gasteiger partial charge in [0.15, 0.2) is 5.52 Å². The van der Waals surface area contributed by atoms with E-state index in [1.807, 2.05) is 0 Å². The number of aromatic nitrogens is 5. The molecule has 12 nitrogen and oxygen atoms in total. The highest BCUT2D eigenvalue weighted by Gasteiger charge is 2.27. The molecular weight excluding hydrogens is 530 g/mol. The minimum Gasteiger partial charge on any atom is -0.744 e. The third kappa shape index (κ3) is 4.45. The Morgan fingerprint density at radius 3 is 2.33 bits per heavy atom. The van der Waals surface area contributed by atoms with Crippen LogP contribution < -0.4 is 9.53 Å². The lowest BCUT2D eigenvalue weighted by atomic mass is 10.2. The monoisotopic (exact) mass is 544 g/mol.